The minimum atomic E-state index is -0.0524. The number of hydrogen-bond acceptors (Lipinski definition) is 5. The monoisotopic (exact) mass is 278 g/mol. The third kappa shape index (κ3) is 2.57. The van der Waals surface area contributed by atoms with Crippen LogP contribution in [0.4, 0.5) is 0 Å². The Kier molecular flexibility index (Phi) is 3.74. The SMILES string of the molecule is Cc1nc(C)n(C[C@@H]2CCCCN2[C@H]2CCOC2=O)n1. The molecular weight excluding hydrogens is 256 g/mol. The van der Waals surface area contributed by atoms with Gasteiger partial charge in [0.25, 0.3) is 0 Å². The Balaban J connectivity index is 1.75. The lowest BCUT2D eigenvalue weighted by Crippen LogP contribution is -2.50. The molecule has 1 aromatic heterocycles. The van der Waals surface area contributed by atoms with E-state index in [1.165, 1.54) is 6.42 Å². The standard InChI is InChI=1S/C14H22N4O2/c1-10-15-11(2)18(16-10)9-12-5-3-4-7-17(12)13-6-8-20-14(13)19/h12-13H,3-9H2,1-2H3/t12-,13-/m0/s1. The number of ether oxygens (including phenoxy) is 1. The molecule has 2 aliphatic heterocycles. The molecule has 0 bridgehead atoms. The van der Waals surface area contributed by atoms with Crippen LogP contribution < -0.4 is 0 Å². The average molecular weight is 278 g/mol. The van der Waals surface area contributed by atoms with Gasteiger partial charge in [-0.05, 0) is 33.2 Å². The fraction of sp³-hybridized carbons (Fsp3) is 0.786. The second-order valence-electron chi connectivity index (χ2n) is 5.75. The van der Waals surface area contributed by atoms with Gasteiger partial charge in [0, 0.05) is 12.5 Å². The lowest BCUT2D eigenvalue weighted by molar-refractivity contribution is -0.143. The number of carbonyl (C=O) groups is 1. The van der Waals surface area contributed by atoms with E-state index in [1.807, 2.05) is 18.5 Å². The van der Waals surface area contributed by atoms with Crippen LogP contribution in [0.1, 0.15) is 37.3 Å². The molecule has 0 unspecified atom stereocenters. The van der Waals surface area contributed by atoms with Crippen molar-refractivity contribution in [1.82, 2.24) is 19.7 Å². The van der Waals surface area contributed by atoms with Crippen molar-refractivity contribution < 1.29 is 9.53 Å². The molecule has 6 nitrogen and oxygen atoms in total. The molecule has 2 saturated heterocycles. The fourth-order valence-corrected chi connectivity index (χ4v) is 3.35. The zero-order valence-corrected chi connectivity index (χ0v) is 12.2. The summed E-state index contributed by atoms with van der Waals surface area (Å²) in [4.78, 5) is 18.5. The number of piperidine rings is 1. The number of hydrogen-bond donors (Lipinski definition) is 0. The van der Waals surface area contributed by atoms with Gasteiger partial charge in [-0.25, -0.2) is 9.67 Å². The second kappa shape index (κ2) is 5.52. The van der Waals surface area contributed by atoms with Crippen LogP contribution in [0.2, 0.25) is 0 Å². The number of cyclic esters (lactones) is 1. The molecule has 110 valence electrons. The summed E-state index contributed by atoms with van der Waals surface area (Å²) >= 11 is 0. The lowest BCUT2D eigenvalue weighted by atomic mass is 9.99. The number of rotatable bonds is 3. The number of carbonyl (C=O) groups excluding carboxylic acids is 1. The molecule has 0 amide bonds. The van der Waals surface area contributed by atoms with E-state index in [2.05, 4.69) is 15.0 Å². The number of nitrogens with zero attached hydrogens (tertiary/aromatic N) is 4. The van der Waals surface area contributed by atoms with Crippen LogP contribution in [0.25, 0.3) is 0 Å². The molecule has 2 atom stereocenters. The van der Waals surface area contributed by atoms with E-state index in [0.717, 1.165) is 44.0 Å². The van der Waals surface area contributed by atoms with E-state index < -0.39 is 0 Å². The quantitative estimate of drug-likeness (QED) is 0.774. The third-order valence-electron chi connectivity index (χ3n) is 4.33. The summed E-state index contributed by atoms with van der Waals surface area (Å²) in [5, 5.41) is 4.45. The summed E-state index contributed by atoms with van der Waals surface area (Å²) in [6, 6.07) is 0.310. The molecule has 0 saturated carbocycles. The average Bonchev–Trinajstić information content (AvgIpc) is 2.97. The van der Waals surface area contributed by atoms with Crippen molar-refractivity contribution >= 4 is 5.97 Å². The molecule has 20 heavy (non-hydrogen) atoms. The van der Waals surface area contributed by atoms with Gasteiger partial charge in [0.15, 0.2) is 0 Å². The minimum absolute atomic E-state index is 0.0507. The Morgan fingerprint density at radius 1 is 1.30 bits per heavy atom. The Morgan fingerprint density at radius 3 is 2.80 bits per heavy atom. The summed E-state index contributed by atoms with van der Waals surface area (Å²) in [6.45, 7) is 6.26. The maximum Gasteiger partial charge on any atom is 0.323 e. The van der Waals surface area contributed by atoms with Gasteiger partial charge in [-0.1, -0.05) is 6.42 Å². The van der Waals surface area contributed by atoms with E-state index in [0.29, 0.717) is 12.6 Å². The van der Waals surface area contributed by atoms with Gasteiger partial charge in [0.05, 0.1) is 13.2 Å². The van der Waals surface area contributed by atoms with E-state index in [4.69, 9.17) is 4.74 Å². The molecule has 6 heteroatoms. The first-order chi connectivity index (χ1) is 9.65. The zero-order valence-electron chi connectivity index (χ0n) is 12.2. The topological polar surface area (TPSA) is 60.2 Å². The molecule has 0 N–H and O–H groups in total. The van der Waals surface area contributed by atoms with Gasteiger partial charge < -0.3 is 4.74 Å². The lowest BCUT2D eigenvalue weighted by Gasteiger charge is -2.38. The maximum atomic E-state index is 11.8. The van der Waals surface area contributed by atoms with Crippen molar-refractivity contribution in [3.63, 3.8) is 0 Å². The van der Waals surface area contributed by atoms with Crippen molar-refractivity contribution in [2.75, 3.05) is 13.2 Å². The van der Waals surface area contributed by atoms with Gasteiger partial charge in [0.2, 0.25) is 0 Å². The first-order valence-corrected chi connectivity index (χ1v) is 7.45. The van der Waals surface area contributed by atoms with Crippen LogP contribution in [0.15, 0.2) is 0 Å². The predicted molar refractivity (Wildman–Crippen MR) is 73.2 cm³/mol. The van der Waals surface area contributed by atoms with Gasteiger partial charge in [-0.3, -0.25) is 9.69 Å². The van der Waals surface area contributed by atoms with E-state index in [-0.39, 0.29) is 12.0 Å². The summed E-state index contributed by atoms with van der Waals surface area (Å²) in [5.74, 6) is 1.70. The van der Waals surface area contributed by atoms with Crippen LogP contribution in [-0.2, 0) is 16.1 Å². The molecule has 0 radical (unpaired) electrons. The van der Waals surface area contributed by atoms with Crippen molar-refractivity contribution in [1.29, 1.82) is 0 Å². The highest BCUT2D eigenvalue weighted by Crippen LogP contribution is 2.25. The Morgan fingerprint density at radius 2 is 2.15 bits per heavy atom. The summed E-state index contributed by atoms with van der Waals surface area (Å²) in [5.41, 5.74) is 0. The van der Waals surface area contributed by atoms with Gasteiger partial charge in [0.1, 0.15) is 17.7 Å². The first-order valence-electron chi connectivity index (χ1n) is 7.45. The van der Waals surface area contributed by atoms with E-state index >= 15 is 0 Å². The van der Waals surface area contributed by atoms with Crippen LogP contribution in [0.5, 0.6) is 0 Å². The van der Waals surface area contributed by atoms with Crippen molar-refractivity contribution in [3.05, 3.63) is 11.6 Å². The third-order valence-corrected chi connectivity index (χ3v) is 4.33. The molecule has 0 spiro atoms. The fourth-order valence-electron chi connectivity index (χ4n) is 3.35. The predicted octanol–water partition coefficient (Wildman–Crippen LogP) is 1.06. The van der Waals surface area contributed by atoms with E-state index in [9.17, 15) is 4.79 Å². The molecule has 2 fully saturated rings. The molecule has 3 heterocycles. The van der Waals surface area contributed by atoms with Crippen molar-refractivity contribution in [2.24, 2.45) is 0 Å². The number of aryl methyl sites for hydroxylation is 2. The summed E-state index contributed by atoms with van der Waals surface area (Å²) < 4.78 is 7.10. The molecule has 0 aliphatic carbocycles. The Hall–Kier alpha value is -1.43. The first kappa shape index (κ1) is 13.5. The highest BCUT2D eigenvalue weighted by molar-refractivity contribution is 5.77. The zero-order chi connectivity index (χ0) is 14.1. The Labute approximate surface area is 119 Å². The van der Waals surface area contributed by atoms with Gasteiger partial charge in [-0.15, -0.1) is 0 Å². The highest BCUT2D eigenvalue weighted by atomic mass is 16.5. The smallest absolute Gasteiger partial charge is 0.323 e. The van der Waals surface area contributed by atoms with Crippen LogP contribution >= 0.6 is 0 Å². The van der Waals surface area contributed by atoms with Gasteiger partial charge in [-0.2, -0.15) is 5.10 Å². The minimum Gasteiger partial charge on any atom is -0.464 e. The normalized spacial score (nSPS) is 27.8. The number of esters is 1. The van der Waals surface area contributed by atoms with E-state index in [1.54, 1.807) is 0 Å². The number of aromatic nitrogens is 3. The molecule has 2 aliphatic rings. The highest BCUT2D eigenvalue weighted by Gasteiger charge is 2.37. The Bertz CT molecular complexity index is 499. The van der Waals surface area contributed by atoms with Crippen molar-refractivity contribution in [3.8, 4) is 0 Å². The van der Waals surface area contributed by atoms with Crippen molar-refractivity contribution in [2.45, 2.75) is 58.2 Å². The van der Waals surface area contributed by atoms with Gasteiger partial charge >= 0.3 is 5.97 Å². The molecule has 1 aromatic rings. The van der Waals surface area contributed by atoms with Crippen LogP contribution in [0.3, 0.4) is 0 Å². The molecule has 3 rings (SSSR count). The maximum absolute atomic E-state index is 11.8. The number of likely N-dealkylation sites (tertiary alicyclic amines) is 1. The second-order valence-corrected chi connectivity index (χ2v) is 5.75. The molecular formula is C14H22N4O2. The van der Waals surface area contributed by atoms with Crippen LogP contribution in [0, 0.1) is 13.8 Å². The summed E-state index contributed by atoms with van der Waals surface area (Å²) in [7, 11) is 0. The molecule has 0 aromatic carbocycles. The largest absolute Gasteiger partial charge is 0.464 e. The summed E-state index contributed by atoms with van der Waals surface area (Å²) in [6.07, 6.45) is 4.32. The van der Waals surface area contributed by atoms with Crippen LogP contribution in [-0.4, -0.2) is 50.9 Å².